The molecule has 0 spiro atoms. The van der Waals surface area contributed by atoms with Crippen molar-refractivity contribution in [2.24, 2.45) is 0 Å². The van der Waals surface area contributed by atoms with E-state index in [0.717, 1.165) is 10.9 Å². The Kier molecular flexibility index (Phi) is 3.44. The minimum absolute atomic E-state index is 0.897. The van der Waals surface area contributed by atoms with Gasteiger partial charge < -0.3 is 4.90 Å². The molecule has 2 rings (SSSR count). The number of hydrogen-bond donors (Lipinski definition) is 0. The van der Waals surface area contributed by atoms with Crippen molar-refractivity contribution in [3.8, 4) is 0 Å². The fraction of sp³-hybridized carbons (Fsp3) is 0.600. The van der Waals surface area contributed by atoms with E-state index in [-0.39, 0.29) is 0 Å². The smallest absolute Gasteiger partial charge is 0.0931 e. The lowest BCUT2D eigenvalue weighted by molar-refractivity contribution is 0.149. The molecule has 0 unspecified atom stereocenters. The molecule has 1 aliphatic rings. The van der Waals surface area contributed by atoms with E-state index in [9.17, 15) is 0 Å². The van der Waals surface area contributed by atoms with E-state index in [1.54, 1.807) is 11.3 Å². The van der Waals surface area contributed by atoms with Crippen LogP contribution in [-0.2, 0) is 6.54 Å². The lowest BCUT2D eigenvalue weighted by Crippen LogP contribution is -2.43. The summed E-state index contributed by atoms with van der Waals surface area (Å²) in [5, 5.41) is 0. The van der Waals surface area contributed by atoms with Crippen LogP contribution in [0.1, 0.15) is 4.88 Å². The van der Waals surface area contributed by atoms with E-state index < -0.39 is 0 Å². The molecule has 78 valence electrons. The molecule has 1 fully saturated rings. The molecular weight excluding hydrogens is 216 g/mol. The molecule has 0 bridgehead atoms. The van der Waals surface area contributed by atoms with Crippen molar-refractivity contribution in [2.45, 2.75) is 6.54 Å². The maximum absolute atomic E-state index is 5.89. The first-order valence-electron chi connectivity index (χ1n) is 4.89. The van der Waals surface area contributed by atoms with Crippen LogP contribution in [0.5, 0.6) is 0 Å². The number of nitrogens with zero attached hydrogens (tertiary/aromatic N) is 2. The van der Waals surface area contributed by atoms with Gasteiger partial charge in [-0.1, -0.05) is 11.6 Å². The van der Waals surface area contributed by atoms with E-state index in [0.29, 0.717) is 0 Å². The van der Waals surface area contributed by atoms with Gasteiger partial charge in [-0.15, -0.1) is 11.3 Å². The highest BCUT2D eigenvalue weighted by Gasteiger charge is 2.14. The summed E-state index contributed by atoms with van der Waals surface area (Å²) in [6.07, 6.45) is 0. The monoisotopic (exact) mass is 230 g/mol. The topological polar surface area (TPSA) is 6.48 Å². The molecule has 14 heavy (non-hydrogen) atoms. The zero-order valence-electron chi connectivity index (χ0n) is 8.37. The fourth-order valence-electron chi connectivity index (χ4n) is 1.66. The molecule has 0 aromatic carbocycles. The van der Waals surface area contributed by atoms with Crippen LogP contribution in [0.2, 0.25) is 4.34 Å². The summed E-state index contributed by atoms with van der Waals surface area (Å²) in [6.45, 7) is 5.77. The third-order valence-corrected chi connectivity index (χ3v) is 3.82. The number of likely N-dealkylation sites (N-methyl/N-ethyl adjacent to an activating group) is 1. The SMILES string of the molecule is CN1CCN(Cc2ccc(Cl)s2)CC1. The zero-order valence-corrected chi connectivity index (χ0v) is 9.94. The van der Waals surface area contributed by atoms with Crippen LogP contribution >= 0.6 is 22.9 Å². The molecular formula is C10H15ClN2S. The summed E-state index contributed by atoms with van der Waals surface area (Å²) < 4.78 is 0.897. The van der Waals surface area contributed by atoms with Gasteiger partial charge in [-0.05, 0) is 19.2 Å². The van der Waals surface area contributed by atoms with Crippen molar-refractivity contribution in [3.05, 3.63) is 21.3 Å². The lowest BCUT2D eigenvalue weighted by atomic mass is 10.3. The molecule has 0 N–H and O–H groups in total. The molecule has 1 aromatic heterocycles. The van der Waals surface area contributed by atoms with Crippen molar-refractivity contribution in [3.63, 3.8) is 0 Å². The van der Waals surface area contributed by atoms with Gasteiger partial charge in [0.25, 0.3) is 0 Å². The number of rotatable bonds is 2. The van der Waals surface area contributed by atoms with Gasteiger partial charge in [-0.25, -0.2) is 0 Å². The standard InChI is InChI=1S/C10H15ClN2S/c1-12-4-6-13(7-5-12)8-9-2-3-10(11)14-9/h2-3H,4-8H2,1H3. The summed E-state index contributed by atoms with van der Waals surface area (Å²) in [6, 6.07) is 4.11. The third-order valence-electron chi connectivity index (χ3n) is 2.60. The van der Waals surface area contributed by atoms with Crippen molar-refractivity contribution in [2.75, 3.05) is 33.2 Å². The Hall–Kier alpha value is -0.0900. The number of halogens is 1. The number of piperazine rings is 1. The first-order valence-corrected chi connectivity index (χ1v) is 6.08. The van der Waals surface area contributed by atoms with Crippen molar-refractivity contribution >= 4 is 22.9 Å². The Bertz CT molecular complexity index is 292. The maximum Gasteiger partial charge on any atom is 0.0931 e. The van der Waals surface area contributed by atoms with Crippen LogP contribution in [0, 0.1) is 0 Å². The van der Waals surface area contributed by atoms with Gasteiger partial charge in [0.05, 0.1) is 4.34 Å². The summed E-state index contributed by atoms with van der Waals surface area (Å²) in [5.41, 5.74) is 0. The molecule has 4 heteroatoms. The second kappa shape index (κ2) is 4.62. The minimum atomic E-state index is 0.897. The van der Waals surface area contributed by atoms with Gasteiger partial charge in [0.1, 0.15) is 0 Å². The van der Waals surface area contributed by atoms with Crippen LogP contribution in [0.4, 0.5) is 0 Å². The molecule has 0 aliphatic carbocycles. The van der Waals surface area contributed by atoms with E-state index in [2.05, 4.69) is 22.9 Å². The first kappa shape index (κ1) is 10.4. The normalized spacial score (nSPS) is 20.1. The second-order valence-electron chi connectivity index (χ2n) is 3.79. The molecule has 0 radical (unpaired) electrons. The quantitative estimate of drug-likeness (QED) is 0.768. The van der Waals surface area contributed by atoms with Gasteiger partial charge in [0.2, 0.25) is 0 Å². The minimum Gasteiger partial charge on any atom is -0.304 e. The molecule has 1 aliphatic heterocycles. The Balaban J connectivity index is 1.86. The Morgan fingerprint density at radius 2 is 2.00 bits per heavy atom. The van der Waals surface area contributed by atoms with Gasteiger partial charge in [0, 0.05) is 37.6 Å². The average Bonchev–Trinajstić information content (AvgIpc) is 2.56. The van der Waals surface area contributed by atoms with Crippen LogP contribution in [0.25, 0.3) is 0 Å². The Morgan fingerprint density at radius 3 is 2.57 bits per heavy atom. The summed E-state index contributed by atoms with van der Waals surface area (Å²) in [5.74, 6) is 0. The Morgan fingerprint density at radius 1 is 1.29 bits per heavy atom. The van der Waals surface area contributed by atoms with E-state index in [4.69, 9.17) is 11.6 Å². The Labute approximate surface area is 94.1 Å². The maximum atomic E-state index is 5.89. The van der Waals surface area contributed by atoms with Crippen LogP contribution < -0.4 is 0 Å². The van der Waals surface area contributed by atoms with Gasteiger partial charge in [-0.3, -0.25) is 4.90 Å². The van der Waals surface area contributed by atoms with Gasteiger partial charge >= 0.3 is 0 Å². The predicted molar refractivity (Wildman–Crippen MR) is 62.1 cm³/mol. The zero-order chi connectivity index (χ0) is 9.97. The lowest BCUT2D eigenvalue weighted by Gasteiger charge is -2.31. The molecule has 1 saturated heterocycles. The van der Waals surface area contributed by atoms with Crippen molar-refractivity contribution in [1.29, 1.82) is 0 Å². The van der Waals surface area contributed by atoms with Crippen molar-refractivity contribution in [1.82, 2.24) is 9.80 Å². The van der Waals surface area contributed by atoms with Gasteiger partial charge in [-0.2, -0.15) is 0 Å². The van der Waals surface area contributed by atoms with Crippen LogP contribution in [0.3, 0.4) is 0 Å². The largest absolute Gasteiger partial charge is 0.304 e. The highest BCUT2D eigenvalue weighted by molar-refractivity contribution is 7.16. The van der Waals surface area contributed by atoms with E-state index >= 15 is 0 Å². The predicted octanol–water partition coefficient (Wildman–Crippen LogP) is 2.15. The molecule has 0 amide bonds. The van der Waals surface area contributed by atoms with E-state index in [1.807, 2.05) is 6.07 Å². The molecule has 2 nitrogen and oxygen atoms in total. The summed E-state index contributed by atoms with van der Waals surface area (Å²) in [7, 11) is 2.18. The molecule has 0 saturated carbocycles. The van der Waals surface area contributed by atoms with Crippen LogP contribution in [0.15, 0.2) is 12.1 Å². The molecule has 1 aromatic rings. The fourth-order valence-corrected chi connectivity index (χ4v) is 2.79. The second-order valence-corrected chi connectivity index (χ2v) is 5.58. The number of thiophene rings is 1. The van der Waals surface area contributed by atoms with Crippen molar-refractivity contribution < 1.29 is 0 Å². The molecule has 2 heterocycles. The van der Waals surface area contributed by atoms with Gasteiger partial charge in [0.15, 0.2) is 0 Å². The number of hydrogen-bond acceptors (Lipinski definition) is 3. The highest BCUT2D eigenvalue weighted by Crippen LogP contribution is 2.22. The summed E-state index contributed by atoms with van der Waals surface area (Å²) in [4.78, 5) is 6.24. The first-order chi connectivity index (χ1) is 6.74. The third kappa shape index (κ3) is 2.70. The highest BCUT2D eigenvalue weighted by atomic mass is 35.5. The average molecular weight is 231 g/mol. The summed E-state index contributed by atoms with van der Waals surface area (Å²) >= 11 is 7.59. The van der Waals surface area contributed by atoms with E-state index in [1.165, 1.54) is 31.1 Å². The molecule has 0 atom stereocenters. The van der Waals surface area contributed by atoms with Crippen LogP contribution in [-0.4, -0.2) is 43.0 Å².